The van der Waals surface area contributed by atoms with Crippen molar-refractivity contribution in [2.75, 3.05) is 11.9 Å². The fourth-order valence-corrected chi connectivity index (χ4v) is 2.39. The first kappa shape index (κ1) is 21.2. The predicted octanol–water partition coefficient (Wildman–Crippen LogP) is 3.36. The number of benzene rings is 1. The molecule has 1 aromatic heterocycles. The Hall–Kier alpha value is -3.10. The molecule has 0 aliphatic carbocycles. The second-order valence-corrected chi connectivity index (χ2v) is 6.14. The summed E-state index contributed by atoms with van der Waals surface area (Å²) in [6, 6.07) is 8.76. The molecule has 2 aromatic rings. The molecule has 28 heavy (non-hydrogen) atoms. The van der Waals surface area contributed by atoms with Crippen LogP contribution in [0.1, 0.15) is 28.4 Å². The van der Waals surface area contributed by atoms with Crippen LogP contribution in [-0.4, -0.2) is 35.3 Å². The average Bonchev–Trinajstić information content (AvgIpc) is 2.62. The molecule has 6 nitrogen and oxygen atoms in total. The number of alkyl halides is 3. The van der Waals surface area contributed by atoms with Gasteiger partial charge in [0.1, 0.15) is 5.82 Å². The number of hydrogen-bond acceptors (Lipinski definition) is 5. The van der Waals surface area contributed by atoms with Crippen LogP contribution in [0.4, 0.5) is 19.0 Å². The third-order valence-electron chi connectivity index (χ3n) is 3.82. The van der Waals surface area contributed by atoms with E-state index >= 15 is 0 Å². The lowest BCUT2D eigenvalue weighted by Gasteiger charge is -2.35. The van der Waals surface area contributed by atoms with E-state index in [4.69, 9.17) is 0 Å². The molecule has 150 valence electrons. The van der Waals surface area contributed by atoms with E-state index in [-0.39, 0.29) is 18.0 Å². The minimum atomic E-state index is -5.22. The molecule has 1 aromatic carbocycles. The molecule has 0 saturated carbocycles. The Balaban J connectivity index is 2.50. The summed E-state index contributed by atoms with van der Waals surface area (Å²) in [4.78, 5) is 28.7. The van der Waals surface area contributed by atoms with Crippen molar-refractivity contribution in [1.82, 2.24) is 10.3 Å². The number of esters is 1. The van der Waals surface area contributed by atoms with E-state index < -0.39 is 23.7 Å². The fraction of sp³-hybridized carbons (Fsp3) is 0.316. The van der Waals surface area contributed by atoms with Gasteiger partial charge in [-0.25, -0.2) is 9.78 Å². The Morgan fingerprint density at radius 3 is 2.36 bits per heavy atom. The van der Waals surface area contributed by atoms with Crippen molar-refractivity contribution >= 4 is 17.7 Å². The summed E-state index contributed by atoms with van der Waals surface area (Å²) in [7, 11) is 0. The van der Waals surface area contributed by atoms with Crippen molar-refractivity contribution in [2.24, 2.45) is 0 Å². The molecule has 9 heteroatoms. The van der Waals surface area contributed by atoms with Crippen LogP contribution in [-0.2, 0) is 9.53 Å². The van der Waals surface area contributed by atoms with Crippen molar-refractivity contribution in [3.63, 3.8) is 0 Å². The maximum absolute atomic E-state index is 14.1. The van der Waals surface area contributed by atoms with E-state index in [0.29, 0.717) is 11.1 Å². The van der Waals surface area contributed by atoms with Crippen molar-refractivity contribution in [2.45, 2.75) is 32.6 Å². The van der Waals surface area contributed by atoms with Crippen LogP contribution in [0, 0.1) is 13.8 Å². The predicted molar refractivity (Wildman–Crippen MR) is 96.7 cm³/mol. The molecule has 2 rings (SSSR count). The quantitative estimate of drug-likeness (QED) is 0.579. The van der Waals surface area contributed by atoms with Crippen LogP contribution in [0.15, 0.2) is 42.6 Å². The molecular formula is C19H20F3N3O3. The Kier molecular flexibility index (Phi) is 6.27. The minimum absolute atomic E-state index is 0.0309. The van der Waals surface area contributed by atoms with Gasteiger partial charge in [-0.15, -0.1) is 0 Å². The molecule has 1 heterocycles. The van der Waals surface area contributed by atoms with Gasteiger partial charge in [-0.3, -0.25) is 4.79 Å². The van der Waals surface area contributed by atoms with Crippen molar-refractivity contribution in [3.8, 4) is 0 Å². The highest BCUT2D eigenvalue weighted by molar-refractivity contribution is 5.99. The van der Waals surface area contributed by atoms with Gasteiger partial charge in [-0.1, -0.05) is 23.8 Å². The minimum Gasteiger partial charge on any atom is -0.463 e. The van der Waals surface area contributed by atoms with E-state index in [1.165, 1.54) is 43.5 Å². The van der Waals surface area contributed by atoms with Crippen LogP contribution < -0.4 is 10.6 Å². The van der Waals surface area contributed by atoms with Gasteiger partial charge in [0.2, 0.25) is 0 Å². The third-order valence-corrected chi connectivity index (χ3v) is 3.82. The number of ether oxygens (including phenoxy) is 1. The van der Waals surface area contributed by atoms with Gasteiger partial charge >= 0.3 is 17.8 Å². The van der Waals surface area contributed by atoms with Crippen LogP contribution >= 0.6 is 0 Å². The molecule has 0 fully saturated rings. The molecule has 0 bridgehead atoms. The molecule has 2 N–H and O–H groups in total. The zero-order valence-corrected chi connectivity index (χ0v) is 15.6. The first-order valence-electron chi connectivity index (χ1n) is 8.43. The zero-order valence-electron chi connectivity index (χ0n) is 15.6. The lowest BCUT2D eigenvalue weighted by molar-refractivity contribution is -0.204. The number of aromatic nitrogens is 1. The topological polar surface area (TPSA) is 80.3 Å². The molecule has 0 aliphatic heterocycles. The smallest absolute Gasteiger partial charge is 0.441 e. The lowest BCUT2D eigenvalue weighted by Crippen LogP contribution is -2.69. The molecule has 0 spiro atoms. The summed E-state index contributed by atoms with van der Waals surface area (Å²) in [6.07, 6.45) is -3.89. The molecule has 1 atom stereocenters. The van der Waals surface area contributed by atoms with E-state index in [2.05, 4.69) is 9.72 Å². The lowest BCUT2D eigenvalue weighted by atomic mass is 10.1. The Morgan fingerprint density at radius 1 is 1.11 bits per heavy atom. The molecule has 0 saturated heterocycles. The van der Waals surface area contributed by atoms with Gasteiger partial charge in [0.15, 0.2) is 0 Å². The van der Waals surface area contributed by atoms with Crippen LogP contribution in [0.2, 0.25) is 0 Å². The fourth-order valence-electron chi connectivity index (χ4n) is 2.39. The SMILES string of the molecule is CCOC(=O)[C@](NC(=O)c1cccc(C)c1)(Nc1ccc(C)cn1)C(F)(F)F. The maximum Gasteiger partial charge on any atom is 0.441 e. The van der Waals surface area contributed by atoms with E-state index in [1.54, 1.807) is 25.2 Å². The Bertz CT molecular complexity index is 853. The number of aryl methyl sites for hydroxylation is 2. The number of anilines is 1. The number of rotatable bonds is 6. The van der Waals surface area contributed by atoms with E-state index in [9.17, 15) is 22.8 Å². The second kappa shape index (κ2) is 8.28. The number of nitrogens with one attached hydrogen (secondary N) is 2. The van der Waals surface area contributed by atoms with Crippen LogP contribution in [0.3, 0.4) is 0 Å². The first-order chi connectivity index (χ1) is 13.1. The normalized spacial score (nSPS) is 13.4. The molecule has 0 radical (unpaired) electrons. The molecule has 0 aliphatic rings. The summed E-state index contributed by atoms with van der Waals surface area (Å²) in [5.41, 5.74) is -2.15. The Labute approximate surface area is 160 Å². The standard InChI is InChI=1S/C19H20F3N3O3/c1-4-28-17(27)18(19(20,21)22,24-15-9-8-13(3)11-23-15)25-16(26)14-7-5-6-12(2)10-14/h5-11H,4H2,1-3H3,(H,23,24)(H,25,26)/t18-/m1/s1. The van der Waals surface area contributed by atoms with Gasteiger partial charge < -0.3 is 15.4 Å². The highest BCUT2D eigenvalue weighted by Crippen LogP contribution is 2.33. The highest BCUT2D eigenvalue weighted by Gasteiger charge is 2.64. The van der Waals surface area contributed by atoms with Crippen molar-refractivity contribution in [1.29, 1.82) is 0 Å². The van der Waals surface area contributed by atoms with E-state index in [1.807, 2.05) is 5.32 Å². The number of amides is 1. The van der Waals surface area contributed by atoms with Gasteiger partial charge in [-0.2, -0.15) is 13.2 Å². The summed E-state index contributed by atoms with van der Waals surface area (Å²) < 4.78 is 46.8. The summed E-state index contributed by atoms with van der Waals surface area (Å²) in [5.74, 6) is -3.03. The zero-order chi connectivity index (χ0) is 20.9. The number of hydrogen-bond donors (Lipinski definition) is 2. The first-order valence-corrected chi connectivity index (χ1v) is 8.43. The van der Waals surface area contributed by atoms with Crippen LogP contribution in [0.5, 0.6) is 0 Å². The van der Waals surface area contributed by atoms with Crippen LogP contribution in [0.25, 0.3) is 0 Å². The molecular weight excluding hydrogens is 375 g/mol. The van der Waals surface area contributed by atoms with Gasteiger partial charge in [0.25, 0.3) is 5.91 Å². The molecule has 0 unspecified atom stereocenters. The molecule has 1 amide bonds. The number of carbonyl (C=O) groups excluding carboxylic acids is 2. The number of halogens is 3. The average molecular weight is 395 g/mol. The monoisotopic (exact) mass is 395 g/mol. The number of pyridine rings is 1. The summed E-state index contributed by atoms with van der Waals surface area (Å²) in [5, 5.41) is 3.79. The maximum atomic E-state index is 14.1. The Morgan fingerprint density at radius 2 is 1.82 bits per heavy atom. The van der Waals surface area contributed by atoms with Crippen molar-refractivity contribution in [3.05, 3.63) is 59.3 Å². The summed E-state index contributed by atoms with van der Waals surface area (Å²) in [6.45, 7) is 4.46. The number of nitrogens with zero attached hydrogens (tertiary/aromatic N) is 1. The second-order valence-electron chi connectivity index (χ2n) is 6.14. The summed E-state index contributed by atoms with van der Waals surface area (Å²) >= 11 is 0. The third kappa shape index (κ3) is 4.59. The highest BCUT2D eigenvalue weighted by atomic mass is 19.4. The van der Waals surface area contributed by atoms with Crippen molar-refractivity contribution < 1.29 is 27.5 Å². The van der Waals surface area contributed by atoms with Gasteiger partial charge in [-0.05, 0) is 44.5 Å². The van der Waals surface area contributed by atoms with Gasteiger partial charge in [0.05, 0.1) is 6.61 Å². The van der Waals surface area contributed by atoms with E-state index in [0.717, 1.165) is 0 Å². The number of carbonyl (C=O) groups is 2. The van der Waals surface area contributed by atoms with Gasteiger partial charge in [0, 0.05) is 11.8 Å². The largest absolute Gasteiger partial charge is 0.463 e.